The molecule has 32 heavy (non-hydrogen) atoms. The number of hydrogen-bond donors (Lipinski definition) is 1. The molecule has 0 saturated carbocycles. The van der Waals surface area contributed by atoms with Crippen molar-refractivity contribution in [1.82, 2.24) is 9.97 Å². The normalized spacial score (nSPS) is 15.9. The van der Waals surface area contributed by atoms with Gasteiger partial charge in [-0.15, -0.1) is 0 Å². The maximum Gasteiger partial charge on any atom is 0.190 e. The van der Waals surface area contributed by atoms with Gasteiger partial charge in [-0.25, -0.2) is 4.98 Å². The summed E-state index contributed by atoms with van der Waals surface area (Å²) < 4.78 is 22.5. The third-order valence-corrected chi connectivity index (χ3v) is 5.85. The lowest BCUT2D eigenvalue weighted by molar-refractivity contribution is 0.167. The van der Waals surface area contributed by atoms with E-state index in [0.717, 1.165) is 36.5 Å². The highest BCUT2D eigenvalue weighted by atomic mass is 16.5. The Morgan fingerprint density at radius 1 is 1.19 bits per heavy atom. The Hall–Kier alpha value is -3.58. The van der Waals surface area contributed by atoms with Crippen molar-refractivity contribution in [3.05, 3.63) is 64.8 Å². The number of aromatic amines is 1. The third kappa shape index (κ3) is 3.87. The quantitative estimate of drug-likeness (QED) is 0.480. The summed E-state index contributed by atoms with van der Waals surface area (Å²) in [6.07, 6.45) is 3.97. The number of hydrogen-bond acceptors (Lipinski definition) is 6. The summed E-state index contributed by atoms with van der Waals surface area (Å²) in [6, 6.07) is 11.2. The van der Waals surface area contributed by atoms with E-state index in [1.54, 1.807) is 25.4 Å². The van der Waals surface area contributed by atoms with Crippen molar-refractivity contribution >= 4 is 10.9 Å². The molecule has 0 aliphatic carbocycles. The monoisotopic (exact) mass is 432 g/mol. The highest BCUT2D eigenvalue weighted by Gasteiger charge is 2.17. The van der Waals surface area contributed by atoms with E-state index in [4.69, 9.17) is 18.6 Å². The van der Waals surface area contributed by atoms with Crippen molar-refractivity contribution < 1.29 is 18.6 Å². The van der Waals surface area contributed by atoms with Crippen LogP contribution in [0.1, 0.15) is 12.0 Å². The van der Waals surface area contributed by atoms with Gasteiger partial charge in [0.25, 0.3) is 0 Å². The van der Waals surface area contributed by atoms with Crippen molar-refractivity contribution in [3.8, 4) is 34.1 Å². The Balaban J connectivity index is 1.52. The second-order valence-electron chi connectivity index (χ2n) is 8.03. The molecule has 7 nitrogen and oxygen atoms in total. The fourth-order valence-corrected chi connectivity index (χ4v) is 3.99. The molecule has 1 saturated heterocycles. The summed E-state index contributed by atoms with van der Waals surface area (Å²) in [5.41, 5.74) is 3.91. The Kier molecular flexibility index (Phi) is 5.41. The van der Waals surface area contributed by atoms with E-state index in [9.17, 15) is 4.79 Å². The maximum absolute atomic E-state index is 13.0. The van der Waals surface area contributed by atoms with Crippen molar-refractivity contribution in [3.63, 3.8) is 0 Å². The summed E-state index contributed by atoms with van der Waals surface area (Å²) in [4.78, 5) is 20.3. The van der Waals surface area contributed by atoms with Crippen molar-refractivity contribution in [2.75, 3.05) is 26.9 Å². The molecule has 3 heterocycles. The first-order valence-electron chi connectivity index (χ1n) is 10.6. The molecule has 0 bridgehead atoms. The standard InChI is InChI=1S/C25H24N2O5/c1-15-3-4-17(7-23(15)31-13-16-5-6-30-12-16)20-9-22(28)18-8-19(25-11-26-14-32-25)24(29-2)10-21(18)27-20/h3-4,7-11,14,16H,5-6,12-13H2,1-2H3,(H,27,28). The van der Waals surface area contributed by atoms with Crippen LogP contribution in [-0.2, 0) is 4.74 Å². The molecule has 1 unspecified atom stereocenters. The van der Waals surface area contributed by atoms with Crippen LogP contribution in [0, 0.1) is 12.8 Å². The van der Waals surface area contributed by atoms with Gasteiger partial charge in [0.2, 0.25) is 0 Å². The molecule has 7 heteroatoms. The smallest absolute Gasteiger partial charge is 0.190 e. The van der Waals surface area contributed by atoms with E-state index in [1.807, 2.05) is 31.2 Å². The Morgan fingerprint density at radius 3 is 2.84 bits per heavy atom. The average Bonchev–Trinajstić information content (AvgIpc) is 3.52. The number of oxazole rings is 1. The molecule has 0 amide bonds. The van der Waals surface area contributed by atoms with E-state index in [-0.39, 0.29) is 5.43 Å². The number of methoxy groups -OCH3 is 1. The molecule has 1 aliphatic heterocycles. The van der Waals surface area contributed by atoms with Gasteiger partial charge in [-0.2, -0.15) is 0 Å². The number of aromatic nitrogens is 2. The number of rotatable bonds is 6. The molecule has 1 atom stereocenters. The van der Waals surface area contributed by atoms with E-state index < -0.39 is 0 Å². The Labute approximate surface area is 185 Å². The molecule has 0 spiro atoms. The van der Waals surface area contributed by atoms with Gasteiger partial charge in [0, 0.05) is 41.3 Å². The van der Waals surface area contributed by atoms with E-state index in [2.05, 4.69) is 9.97 Å². The summed E-state index contributed by atoms with van der Waals surface area (Å²) in [7, 11) is 1.59. The number of nitrogens with zero attached hydrogens (tertiary/aromatic N) is 1. The zero-order chi connectivity index (χ0) is 22.1. The lowest BCUT2D eigenvalue weighted by Gasteiger charge is -2.14. The summed E-state index contributed by atoms with van der Waals surface area (Å²) in [5, 5.41) is 0.547. The van der Waals surface area contributed by atoms with Crippen LogP contribution in [0.15, 0.2) is 58.2 Å². The molecular weight excluding hydrogens is 408 g/mol. The van der Waals surface area contributed by atoms with Gasteiger partial charge in [-0.3, -0.25) is 4.79 Å². The number of nitrogens with one attached hydrogen (secondary N) is 1. The van der Waals surface area contributed by atoms with E-state index in [0.29, 0.717) is 46.2 Å². The Bertz CT molecular complexity index is 1300. The van der Waals surface area contributed by atoms with Crippen LogP contribution >= 0.6 is 0 Å². The predicted octanol–water partition coefficient (Wildman–Crippen LogP) is 4.58. The van der Waals surface area contributed by atoms with Crippen molar-refractivity contribution in [1.29, 1.82) is 0 Å². The molecule has 1 N–H and O–H groups in total. The molecule has 5 rings (SSSR count). The first-order chi connectivity index (χ1) is 15.6. The van der Waals surface area contributed by atoms with Gasteiger partial charge in [-0.1, -0.05) is 12.1 Å². The average molecular weight is 432 g/mol. The van der Waals surface area contributed by atoms with Crippen LogP contribution in [-0.4, -0.2) is 36.9 Å². The topological polar surface area (TPSA) is 86.6 Å². The van der Waals surface area contributed by atoms with Crippen LogP contribution in [0.4, 0.5) is 0 Å². The van der Waals surface area contributed by atoms with E-state index in [1.165, 1.54) is 6.39 Å². The number of fused-ring (bicyclic) bond motifs is 1. The number of benzene rings is 2. The molecule has 0 radical (unpaired) electrons. The molecule has 2 aromatic heterocycles. The molecule has 164 valence electrons. The maximum atomic E-state index is 13.0. The largest absolute Gasteiger partial charge is 0.496 e. The van der Waals surface area contributed by atoms with Crippen molar-refractivity contribution in [2.24, 2.45) is 5.92 Å². The van der Waals surface area contributed by atoms with E-state index >= 15 is 0 Å². The van der Waals surface area contributed by atoms with Gasteiger partial charge in [0.05, 0.1) is 37.6 Å². The fraction of sp³-hybridized carbons (Fsp3) is 0.280. The first kappa shape index (κ1) is 20.3. The van der Waals surface area contributed by atoms with Gasteiger partial charge in [-0.05, 0) is 31.0 Å². The number of aryl methyl sites for hydroxylation is 1. The fourth-order valence-electron chi connectivity index (χ4n) is 3.99. The number of ether oxygens (including phenoxy) is 3. The Morgan fingerprint density at radius 2 is 2.09 bits per heavy atom. The van der Waals surface area contributed by atoms with Crippen molar-refractivity contribution in [2.45, 2.75) is 13.3 Å². The minimum absolute atomic E-state index is 0.0942. The highest BCUT2D eigenvalue weighted by Crippen LogP contribution is 2.34. The van der Waals surface area contributed by atoms with Crippen LogP contribution in [0.3, 0.4) is 0 Å². The van der Waals surface area contributed by atoms with Crippen LogP contribution in [0.25, 0.3) is 33.5 Å². The number of H-pyrrole nitrogens is 1. The SMILES string of the molecule is COc1cc2[nH]c(-c3ccc(C)c(OCC4CCOC4)c3)cc(=O)c2cc1-c1cnco1. The lowest BCUT2D eigenvalue weighted by atomic mass is 10.0. The highest BCUT2D eigenvalue weighted by molar-refractivity contribution is 5.88. The number of pyridine rings is 1. The second-order valence-corrected chi connectivity index (χ2v) is 8.03. The molecule has 4 aromatic rings. The summed E-state index contributed by atoms with van der Waals surface area (Å²) in [5.74, 6) is 2.37. The minimum atomic E-state index is -0.0942. The third-order valence-electron chi connectivity index (χ3n) is 5.85. The van der Waals surface area contributed by atoms with Gasteiger partial charge in [0.15, 0.2) is 17.6 Å². The predicted molar refractivity (Wildman–Crippen MR) is 121 cm³/mol. The second kappa shape index (κ2) is 8.51. The first-order valence-corrected chi connectivity index (χ1v) is 10.6. The molecule has 2 aromatic carbocycles. The van der Waals surface area contributed by atoms with Crippen LogP contribution in [0.5, 0.6) is 11.5 Å². The lowest BCUT2D eigenvalue weighted by Crippen LogP contribution is -2.12. The van der Waals surface area contributed by atoms with Gasteiger partial charge >= 0.3 is 0 Å². The molecule has 1 fully saturated rings. The molecular formula is C25H24N2O5. The van der Waals surface area contributed by atoms with Crippen LogP contribution < -0.4 is 14.9 Å². The van der Waals surface area contributed by atoms with Crippen LogP contribution in [0.2, 0.25) is 0 Å². The minimum Gasteiger partial charge on any atom is -0.496 e. The molecule has 1 aliphatic rings. The zero-order valence-corrected chi connectivity index (χ0v) is 18.0. The summed E-state index contributed by atoms with van der Waals surface area (Å²) in [6.45, 7) is 4.19. The van der Waals surface area contributed by atoms with Gasteiger partial charge in [0.1, 0.15) is 11.5 Å². The van der Waals surface area contributed by atoms with Gasteiger partial charge < -0.3 is 23.6 Å². The summed E-state index contributed by atoms with van der Waals surface area (Å²) >= 11 is 0. The zero-order valence-electron chi connectivity index (χ0n) is 18.0.